The van der Waals surface area contributed by atoms with Crippen LogP contribution in [0.25, 0.3) is 22.3 Å². The third kappa shape index (κ3) is 4.97. The number of pyridine rings is 1. The number of nitrogens with zero attached hydrogens (tertiary/aromatic N) is 2. The number of rotatable bonds is 7. The highest BCUT2D eigenvalue weighted by Gasteiger charge is 2.22. The van der Waals surface area contributed by atoms with Crippen LogP contribution in [0.5, 0.6) is 0 Å². The Bertz CT molecular complexity index is 1570. The van der Waals surface area contributed by atoms with Crippen LogP contribution < -0.4 is 0 Å². The smallest absolute Gasteiger partial charge is 0.206 e. The minimum Gasteiger partial charge on any atom is -0.337 e. The molecule has 4 aromatic rings. The van der Waals surface area contributed by atoms with Crippen molar-refractivity contribution in [1.29, 1.82) is 5.26 Å². The molecule has 0 bridgehead atoms. The second-order valence-corrected chi connectivity index (χ2v) is 10.7. The molecule has 4 nitrogen and oxygen atoms in total. The second kappa shape index (κ2) is 10.4. The molecule has 0 aliphatic carbocycles. The number of aryl methyl sites for hydroxylation is 1. The largest absolute Gasteiger partial charge is 0.337 e. The van der Waals surface area contributed by atoms with Crippen molar-refractivity contribution in [1.82, 2.24) is 4.57 Å². The van der Waals surface area contributed by atoms with Crippen LogP contribution >= 0.6 is 12.2 Å². The highest BCUT2D eigenvalue weighted by atomic mass is 32.2. The van der Waals surface area contributed by atoms with Crippen molar-refractivity contribution in [3.05, 3.63) is 101 Å². The lowest BCUT2D eigenvalue weighted by Gasteiger charge is -2.16. The molecular weight excluding hydrogens is 472 g/mol. The van der Waals surface area contributed by atoms with Crippen LogP contribution in [-0.4, -0.2) is 13.0 Å². The second-order valence-electron chi connectivity index (χ2n) is 8.42. The summed E-state index contributed by atoms with van der Waals surface area (Å²) in [5.41, 5.74) is 3.98. The Morgan fingerprint density at radius 3 is 2.23 bits per heavy atom. The Morgan fingerprint density at radius 2 is 1.54 bits per heavy atom. The zero-order valence-corrected chi connectivity index (χ0v) is 21.3. The van der Waals surface area contributed by atoms with E-state index in [-0.39, 0.29) is 4.90 Å². The van der Waals surface area contributed by atoms with Crippen molar-refractivity contribution in [2.75, 3.05) is 0 Å². The Labute approximate surface area is 212 Å². The number of hydrogen-bond acceptors (Lipinski definition) is 4. The van der Waals surface area contributed by atoms with E-state index in [4.69, 9.17) is 12.2 Å². The number of benzene rings is 3. The van der Waals surface area contributed by atoms with Gasteiger partial charge in [-0.25, -0.2) is 8.42 Å². The first-order chi connectivity index (χ1) is 16.9. The first kappa shape index (κ1) is 24.6. The van der Waals surface area contributed by atoms with Gasteiger partial charge in [0.15, 0.2) is 0 Å². The van der Waals surface area contributed by atoms with Crippen LogP contribution in [0.3, 0.4) is 0 Å². The lowest BCUT2D eigenvalue weighted by Crippen LogP contribution is -2.07. The van der Waals surface area contributed by atoms with Crippen LogP contribution in [0.1, 0.15) is 31.9 Å². The maximum absolute atomic E-state index is 13.6. The predicted octanol–water partition coefficient (Wildman–Crippen LogP) is 7.42. The minimum absolute atomic E-state index is 0.220. The monoisotopic (exact) mass is 498 g/mol. The topological polar surface area (TPSA) is 62.9 Å². The highest BCUT2D eigenvalue weighted by molar-refractivity contribution is 7.91. The molecule has 0 aliphatic rings. The number of sulfone groups is 1. The molecule has 1 unspecified atom stereocenters. The van der Waals surface area contributed by atoms with Gasteiger partial charge in [0.2, 0.25) is 9.84 Å². The molecule has 0 N–H and O–H groups in total. The van der Waals surface area contributed by atoms with Gasteiger partial charge in [-0.15, -0.1) is 0 Å². The molecule has 1 aromatic heterocycles. The molecule has 176 valence electrons. The van der Waals surface area contributed by atoms with Gasteiger partial charge in [-0.3, -0.25) is 0 Å². The summed E-state index contributed by atoms with van der Waals surface area (Å²) in [6, 6.07) is 25.7. The fraction of sp³-hybridized carbons (Fsp3) is 0.172. The van der Waals surface area contributed by atoms with E-state index in [9.17, 15) is 13.7 Å². The average Bonchev–Trinajstić information content (AvgIpc) is 2.89. The van der Waals surface area contributed by atoms with Crippen LogP contribution in [0.2, 0.25) is 0 Å². The summed E-state index contributed by atoms with van der Waals surface area (Å²) in [5, 5.41) is 9.55. The Hall–Kier alpha value is -3.53. The van der Waals surface area contributed by atoms with Crippen LogP contribution in [0.4, 0.5) is 0 Å². The third-order valence-electron chi connectivity index (χ3n) is 6.00. The molecule has 3 aromatic carbocycles. The molecule has 0 fully saturated rings. The SMILES string of the molecule is CCCc1ccccc1S(=O)(=O)c1cccc(-c2cn(C(C)C#N)cc(-c3ccccc3)c2=S)c1. The summed E-state index contributed by atoms with van der Waals surface area (Å²) in [6.07, 6.45) is 5.27. The lowest BCUT2D eigenvalue weighted by molar-refractivity contribution is 0.594. The molecule has 6 heteroatoms. The quantitative estimate of drug-likeness (QED) is 0.249. The average molecular weight is 499 g/mol. The van der Waals surface area contributed by atoms with Crippen molar-refractivity contribution in [2.24, 2.45) is 0 Å². The first-order valence-corrected chi connectivity index (χ1v) is 13.4. The Balaban J connectivity index is 1.90. The van der Waals surface area contributed by atoms with Gasteiger partial charge in [-0.05, 0) is 48.2 Å². The summed E-state index contributed by atoms with van der Waals surface area (Å²) < 4.78 is 29.7. The van der Waals surface area contributed by atoms with Gasteiger partial charge in [0.1, 0.15) is 6.04 Å². The van der Waals surface area contributed by atoms with Crippen molar-refractivity contribution in [2.45, 2.75) is 42.5 Å². The van der Waals surface area contributed by atoms with Crippen molar-refractivity contribution < 1.29 is 8.42 Å². The Morgan fingerprint density at radius 1 is 0.914 bits per heavy atom. The van der Waals surface area contributed by atoms with Gasteiger partial charge < -0.3 is 4.57 Å². The summed E-state index contributed by atoms with van der Waals surface area (Å²) in [7, 11) is -3.72. The molecule has 0 radical (unpaired) electrons. The summed E-state index contributed by atoms with van der Waals surface area (Å²) in [4.78, 5) is 0.557. The molecule has 0 aliphatic heterocycles. The molecule has 1 atom stereocenters. The fourth-order valence-electron chi connectivity index (χ4n) is 4.12. The molecule has 0 saturated heterocycles. The van der Waals surface area contributed by atoms with E-state index in [0.717, 1.165) is 23.1 Å². The van der Waals surface area contributed by atoms with E-state index in [0.29, 0.717) is 27.0 Å². The zero-order valence-electron chi connectivity index (χ0n) is 19.7. The van der Waals surface area contributed by atoms with E-state index in [1.54, 1.807) is 30.3 Å². The number of aromatic nitrogens is 1. The van der Waals surface area contributed by atoms with Gasteiger partial charge >= 0.3 is 0 Å². The van der Waals surface area contributed by atoms with Gasteiger partial charge in [0.05, 0.1) is 20.4 Å². The normalized spacial score (nSPS) is 12.1. The van der Waals surface area contributed by atoms with E-state index in [2.05, 4.69) is 6.07 Å². The van der Waals surface area contributed by atoms with Crippen molar-refractivity contribution in [3.8, 4) is 28.3 Å². The van der Waals surface area contributed by atoms with Crippen molar-refractivity contribution in [3.63, 3.8) is 0 Å². The van der Waals surface area contributed by atoms with E-state index < -0.39 is 15.9 Å². The highest BCUT2D eigenvalue weighted by Crippen LogP contribution is 2.33. The maximum Gasteiger partial charge on any atom is 0.206 e. The van der Waals surface area contributed by atoms with E-state index >= 15 is 0 Å². The number of nitriles is 1. The zero-order chi connectivity index (χ0) is 25.0. The molecule has 1 heterocycles. The van der Waals surface area contributed by atoms with E-state index in [1.165, 1.54) is 0 Å². The minimum atomic E-state index is -3.72. The maximum atomic E-state index is 13.6. The van der Waals surface area contributed by atoms with Gasteiger partial charge in [0, 0.05) is 23.5 Å². The van der Waals surface area contributed by atoms with E-state index in [1.807, 2.05) is 79.3 Å². The van der Waals surface area contributed by atoms with Crippen molar-refractivity contribution >= 4 is 22.1 Å². The molecular formula is C29H26N2O2S2. The van der Waals surface area contributed by atoms with Crippen LogP contribution in [-0.2, 0) is 16.3 Å². The molecule has 0 spiro atoms. The Kier molecular flexibility index (Phi) is 7.30. The predicted molar refractivity (Wildman–Crippen MR) is 142 cm³/mol. The molecule has 4 rings (SSSR count). The molecule has 35 heavy (non-hydrogen) atoms. The van der Waals surface area contributed by atoms with Crippen LogP contribution in [0.15, 0.2) is 101 Å². The first-order valence-electron chi connectivity index (χ1n) is 11.5. The number of hydrogen-bond donors (Lipinski definition) is 0. The van der Waals surface area contributed by atoms with Gasteiger partial charge in [-0.1, -0.05) is 86.2 Å². The van der Waals surface area contributed by atoms with Crippen LogP contribution in [0, 0.1) is 15.8 Å². The fourth-order valence-corrected chi connectivity index (χ4v) is 6.02. The van der Waals surface area contributed by atoms with Gasteiger partial charge in [-0.2, -0.15) is 5.26 Å². The molecule has 0 saturated carbocycles. The standard InChI is InChI=1S/C29H26N2O2S2/c1-3-10-23-13-7-8-16-28(23)35(32,33)25-15-9-14-24(17-25)27-20-31(21(2)18-30)19-26(29(27)34)22-11-5-4-6-12-22/h4-9,11-17,19-21H,3,10H2,1-2H3. The van der Waals surface area contributed by atoms with Gasteiger partial charge in [0.25, 0.3) is 0 Å². The third-order valence-corrected chi connectivity index (χ3v) is 8.29. The summed E-state index contributed by atoms with van der Waals surface area (Å²) in [5.74, 6) is 0. The summed E-state index contributed by atoms with van der Waals surface area (Å²) in [6.45, 7) is 3.85. The summed E-state index contributed by atoms with van der Waals surface area (Å²) >= 11 is 5.88. The lowest BCUT2D eigenvalue weighted by atomic mass is 10.0. The molecule has 0 amide bonds.